The Labute approximate surface area is 229 Å². The van der Waals surface area contributed by atoms with E-state index in [4.69, 9.17) is 24.2 Å². The summed E-state index contributed by atoms with van der Waals surface area (Å²) in [6.45, 7) is 9.91. The molecule has 5 heterocycles. The Balaban J connectivity index is 1.50. The average molecular weight is 551 g/mol. The lowest BCUT2D eigenvalue weighted by atomic mass is 9.90. The van der Waals surface area contributed by atoms with Crippen molar-refractivity contribution in [1.82, 2.24) is 15.0 Å². The molecule has 3 aromatic heterocycles. The number of morpholine rings is 1. The predicted molar refractivity (Wildman–Crippen MR) is 150 cm³/mol. The molecule has 0 unspecified atom stereocenters. The van der Waals surface area contributed by atoms with Gasteiger partial charge in [0.15, 0.2) is 0 Å². The molecule has 2 aliphatic rings. The molecule has 6 rings (SSSR count). The number of esters is 1. The third kappa shape index (κ3) is 4.75. The van der Waals surface area contributed by atoms with Crippen molar-refractivity contribution in [3.8, 4) is 0 Å². The molecule has 0 radical (unpaired) electrons. The van der Waals surface area contributed by atoms with E-state index in [9.17, 15) is 4.79 Å². The zero-order chi connectivity index (χ0) is 26.3. The van der Waals surface area contributed by atoms with E-state index in [1.807, 2.05) is 37.3 Å². The molecule has 0 bridgehead atoms. The van der Waals surface area contributed by atoms with Gasteiger partial charge in [0, 0.05) is 30.5 Å². The molecule has 1 saturated heterocycles. The minimum atomic E-state index is -0.530. The Kier molecular flexibility index (Phi) is 6.98. The molecule has 10 heteroatoms. The van der Waals surface area contributed by atoms with Gasteiger partial charge in [-0.25, -0.2) is 15.0 Å². The van der Waals surface area contributed by atoms with Crippen LogP contribution in [0.3, 0.4) is 0 Å². The van der Waals surface area contributed by atoms with Gasteiger partial charge < -0.3 is 19.1 Å². The van der Waals surface area contributed by atoms with Gasteiger partial charge in [-0.15, -0.1) is 11.3 Å². The van der Waals surface area contributed by atoms with Crippen LogP contribution in [-0.2, 0) is 32.0 Å². The molecule has 1 atom stereocenters. The van der Waals surface area contributed by atoms with Crippen molar-refractivity contribution in [2.45, 2.75) is 49.7 Å². The van der Waals surface area contributed by atoms with Crippen molar-refractivity contribution in [2.75, 3.05) is 37.8 Å². The summed E-state index contributed by atoms with van der Waals surface area (Å²) in [6, 6.07) is 9.71. The number of hydrogen-bond donors (Lipinski definition) is 0. The van der Waals surface area contributed by atoms with Crippen LogP contribution in [-0.4, -0.2) is 59.4 Å². The van der Waals surface area contributed by atoms with Gasteiger partial charge in [-0.2, -0.15) is 0 Å². The van der Waals surface area contributed by atoms with Crippen LogP contribution < -0.4 is 4.90 Å². The predicted octanol–water partition coefficient (Wildman–Crippen LogP) is 5.32. The highest BCUT2D eigenvalue weighted by molar-refractivity contribution is 8.00. The fourth-order valence-corrected chi connectivity index (χ4v) is 7.40. The molecule has 4 aromatic rings. The molecule has 2 aliphatic heterocycles. The number of anilines is 1. The van der Waals surface area contributed by atoms with Crippen molar-refractivity contribution in [3.05, 3.63) is 53.3 Å². The molecule has 0 N–H and O–H groups in total. The molecular weight excluding hydrogens is 520 g/mol. The van der Waals surface area contributed by atoms with E-state index < -0.39 is 5.25 Å². The number of pyridine rings is 1. The number of benzene rings is 1. The van der Waals surface area contributed by atoms with E-state index in [0.29, 0.717) is 26.4 Å². The number of rotatable bonds is 6. The number of aromatic nitrogens is 3. The second kappa shape index (κ2) is 10.4. The van der Waals surface area contributed by atoms with Crippen molar-refractivity contribution in [1.29, 1.82) is 0 Å². The van der Waals surface area contributed by atoms with E-state index >= 15 is 0 Å². The maximum absolute atomic E-state index is 13.0. The summed E-state index contributed by atoms with van der Waals surface area (Å²) < 4.78 is 18.2. The Hall–Kier alpha value is -2.79. The minimum Gasteiger partial charge on any atom is -0.465 e. The van der Waals surface area contributed by atoms with Crippen LogP contribution in [0.1, 0.15) is 42.7 Å². The fourth-order valence-electron chi connectivity index (χ4n) is 5.10. The third-order valence-corrected chi connectivity index (χ3v) is 9.36. The SMILES string of the molecule is CCOC(=O)[C@H](Sc1ncnc2c1sc1nc(N3CCOCC3)c3c(c12)CC(C)(C)OC3)c1ccccc1. The summed E-state index contributed by atoms with van der Waals surface area (Å²) in [7, 11) is 0. The largest absolute Gasteiger partial charge is 0.465 e. The number of carbonyl (C=O) groups excluding carboxylic acids is 1. The maximum Gasteiger partial charge on any atom is 0.324 e. The van der Waals surface area contributed by atoms with Crippen LogP contribution >= 0.6 is 23.1 Å². The lowest BCUT2D eigenvalue weighted by molar-refractivity contribution is -0.142. The smallest absolute Gasteiger partial charge is 0.324 e. The van der Waals surface area contributed by atoms with E-state index in [0.717, 1.165) is 61.9 Å². The summed E-state index contributed by atoms with van der Waals surface area (Å²) in [4.78, 5) is 30.8. The van der Waals surface area contributed by atoms with Crippen LogP contribution in [0.25, 0.3) is 20.4 Å². The van der Waals surface area contributed by atoms with E-state index in [2.05, 4.69) is 23.7 Å². The molecule has 38 heavy (non-hydrogen) atoms. The number of nitrogens with zero attached hydrogens (tertiary/aromatic N) is 4. The summed E-state index contributed by atoms with van der Waals surface area (Å²) >= 11 is 3.00. The Morgan fingerprint density at radius 1 is 1.18 bits per heavy atom. The van der Waals surface area contributed by atoms with Gasteiger partial charge in [0.25, 0.3) is 0 Å². The van der Waals surface area contributed by atoms with E-state index in [-0.39, 0.29) is 11.6 Å². The summed E-state index contributed by atoms with van der Waals surface area (Å²) in [6.07, 6.45) is 2.36. The molecule has 198 valence electrons. The van der Waals surface area contributed by atoms with Crippen molar-refractivity contribution in [3.63, 3.8) is 0 Å². The average Bonchev–Trinajstić information content (AvgIpc) is 3.31. The number of fused-ring (bicyclic) bond motifs is 5. The fraction of sp³-hybridized carbons (Fsp3) is 0.429. The second-order valence-electron chi connectivity index (χ2n) is 10.0. The zero-order valence-electron chi connectivity index (χ0n) is 21.7. The summed E-state index contributed by atoms with van der Waals surface area (Å²) in [5, 5.41) is 1.30. The van der Waals surface area contributed by atoms with Gasteiger partial charge >= 0.3 is 5.97 Å². The lowest BCUT2D eigenvalue weighted by Crippen LogP contribution is -2.39. The first-order chi connectivity index (χ1) is 18.4. The van der Waals surface area contributed by atoms with Gasteiger partial charge in [0.2, 0.25) is 0 Å². The molecule has 0 aliphatic carbocycles. The maximum atomic E-state index is 13.0. The quantitative estimate of drug-likeness (QED) is 0.180. The normalized spacial score (nSPS) is 17.9. The Morgan fingerprint density at radius 3 is 2.74 bits per heavy atom. The van der Waals surface area contributed by atoms with Crippen LogP contribution in [0.2, 0.25) is 0 Å². The topological polar surface area (TPSA) is 86.7 Å². The highest BCUT2D eigenvalue weighted by Crippen LogP contribution is 2.46. The van der Waals surface area contributed by atoms with Crippen molar-refractivity contribution >= 4 is 55.3 Å². The molecule has 1 fully saturated rings. The van der Waals surface area contributed by atoms with Gasteiger partial charge in [0.1, 0.15) is 27.3 Å². The Bertz CT molecular complexity index is 1490. The van der Waals surface area contributed by atoms with Crippen LogP contribution in [0.15, 0.2) is 41.7 Å². The monoisotopic (exact) mass is 550 g/mol. The second-order valence-corrected chi connectivity index (χ2v) is 12.1. The number of thiophene rings is 1. The standard InChI is InChI=1S/C28H30N4O4S2/c1-4-35-27(33)22(17-8-6-5-7-9-17)37-26-23-21(29-16-30-26)20-18-14-28(2,3)36-15-19(18)24(31-25(20)38-23)32-10-12-34-13-11-32/h5-9,16,22H,4,10-15H2,1-3H3/t22-/m1/s1. The minimum absolute atomic E-state index is 0.277. The van der Waals surface area contributed by atoms with Gasteiger partial charge in [0.05, 0.1) is 42.2 Å². The third-order valence-electron chi connectivity index (χ3n) is 6.92. The summed E-state index contributed by atoms with van der Waals surface area (Å²) in [5.74, 6) is 0.703. The molecule has 0 spiro atoms. The number of ether oxygens (including phenoxy) is 3. The van der Waals surface area contributed by atoms with Crippen LogP contribution in [0.5, 0.6) is 0 Å². The molecule has 0 saturated carbocycles. The van der Waals surface area contributed by atoms with Crippen molar-refractivity contribution < 1.29 is 19.0 Å². The van der Waals surface area contributed by atoms with E-state index in [1.165, 1.54) is 17.3 Å². The van der Waals surface area contributed by atoms with E-state index in [1.54, 1.807) is 17.7 Å². The highest BCUT2D eigenvalue weighted by atomic mass is 32.2. The zero-order valence-corrected chi connectivity index (χ0v) is 23.4. The number of hydrogen-bond acceptors (Lipinski definition) is 10. The van der Waals surface area contributed by atoms with Crippen molar-refractivity contribution in [2.24, 2.45) is 0 Å². The van der Waals surface area contributed by atoms with Gasteiger partial charge in [-0.1, -0.05) is 42.1 Å². The first kappa shape index (κ1) is 25.5. The number of carbonyl (C=O) groups is 1. The molecular formula is C28H30N4O4S2. The molecule has 0 amide bonds. The van der Waals surface area contributed by atoms with Crippen LogP contribution in [0.4, 0.5) is 5.82 Å². The van der Waals surface area contributed by atoms with Gasteiger partial charge in [-0.3, -0.25) is 4.79 Å². The Morgan fingerprint density at radius 2 is 1.97 bits per heavy atom. The lowest BCUT2D eigenvalue weighted by Gasteiger charge is -2.36. The van der Waals surface area contributed by atoms with Crippen LogP contribution in [0, 0.1) is 0 Å². The number of thioether (sulfide) groups is 1. The summed E-state index contributed by atoms with van der Waals surface area (Å²) in [5.41, 5.74) is 3.87. The highest BCUT2D eigenvalue weighted by Gasteiger charge is 2.34. The molecule has 1 aromatic carbocycles. The van der Waals surface area contributed by atoms with Gasteiger partial charge in [-0.05, 0) is 31.9 Å². The molecule has 8 nitrogen and oxygen atoms in total. The first-order valence-electron chi connectivity index (χ1n) is 12.9. The first-order valence-corrected chi connectivity index (χ1v) is 14.6.